The van der Waals surface area contributed by atoms with Crippen LogP contribution in [0.25, 0.3) is 0 Å². The van der Waals surface area contributed by atoms with E-state index in [9.17, 15) is 4.79 Å². The first kappa shape index (κ1) is 20.9. The van der Waals surface area contributed by atoms with Crippen molar-refractivity contribution in [3.05, 3.63) is 93.2 Å². The zero-order chi connectivity index (χ0) is 21.1. The summed E-state index contributed by atoms with van der Waals surface area (Å²) in [7, 11) is 0. The molecule has 0 saturated heterocycles. The average Bonchev–Trinajstić information content (AvgIpc) is 3.17. The third kappa shape index (κ3) is 4.67. The minimum absolute atomic E-state index is 0.161. The lowest BCUT2D eigenvalue weighted by Crippen LogP contribution is -2.31. The molecular weight excluding hydrogens is 386 g/mol. The molecule has 1 amide bonds. The number of amides is 1. The SMILES string of the molecule is CC(C)(C)C1CCc2c(C(=O)N(Cc3ccccc3)Cc3ccccc3)csc2C1. The van der Waals surface area contributed by atoms with Crippen LogP contribution >= 0.6 is 11.3 Å². The maximum Gasteiger partial charge on any atom is 0.255 e. The molecule has 0 radical (unpaired) electrons. The van der Waals surface area contributed by atoms with Crippen LogP contribution < -0.4 is 0 Å². The fourth-order valence-electron chi connectivity index (χ4n) is 4.41. The minimum atomic E-state index is 0.161. The summed E-state index contributed by atoms with van der Waals surface area (Å²) in [5.74, 6) is 0.853. The Morgan fingerprint density at radius 2 is 1.53 bits per heavy atom. The van der Waals surface area contributed by atoms with E-state index in [2.05, 4.69) is 50.4 Å². The van der Waals surface area contributed by atoms with E-state index in [0.717, 1.165) is 18.4 Å². The lowest BCUT2D eigenvalue weighted by molar-refractivity contribution is 0.0729. The van der Waals surface area contributed by atoms with Gasteiger partial charge in [0, 0.05) is 23.3 Å². The summed E-state index contributed by atoms with van der Waals surface area (Å²) in [4.78, 5) is 17.1. The van der Waals surface area contributed by atoms with Crippen molar-refractivity contribution in [1.29, 1.82) is 0 Å². The van der Waals surface area contributed by atoms with Gasteiger partial charge in [0.2, 0.25) is 0 Å². The number of carbonyl (C=O) groups excluding carboxylic acids is 1. The van der Waals surface area contributed by atoms with Gasteiger partial charge in [0.05, 0.1) is 5.56 Å². The number of fused-ring (bicyclic) bond motifs is 1. The van der Waals surface area contributed by atoms with Gasteiger partial charge in [-0.05, 0) is 47.3 Å². The van der Waals surface area contributed by atoms with Crippen molar-refractivity contribution in [2.75, 3.05) is 0 Å². The number of nitrogens with zero attached hydrogens (tertiary/aromatic N) is 1. The third-order valence-electron chi connectivity index (χ3n) is 6.33. The van der Waals surface area contributed by atoms with E-state index < -0.39 is 0 Å². The summed E-state index contributed by atoms with van der Waals surface area (Å²) >= 11 is 1.78. The Labute approximate surface area is 184 Å². The molecule has 3 heteroatoms. The first-order chi connectivity index (χ1) is 14.4. The zero-order valence-electron chi connectivity index (χ0n) is 18.2. The second kappa shape index (κ2) is 8.77. The van der Waals surface area contributed by atoms with Crippen LogP contribution in [0.4, 0.5) is 0 Å². The van der Waals surface area contributed by atoms with Gasteiger partial charge in [-0.3, -0.25) is 4.79 Å². The number of hydrogen-bond acceptors (Lipinski definition) is 2. The molecule has 1 aromatic heterocycles. The summed E-state index contributed by atoms with van der Waals surface area (Å²) in [6.45, 7) is 8.27. The largest absolute Gasteiger partial charge is 0.330 e. The summed E-state index contributed by atoms with van der Waals surface area (Å²) < 4.78 is 0. The summed E-state index contributed by atoms with van der Waals surface area (Å²) in [5, 5.41) is 2.11. The highest BCUT2D eigenvalue weighted by molar-refractivity contribution is 7.10. The molecule has 1 aliphatic carbocycles. The van der Waals surface area contributed by atoms with Crippen molar-refractivity contribution < 1.29 is 4.79 Å². The van der Waals surface area contributed by atoms with Crippen LogP contribution in [-0.2, 0) is 25.9 Å². The van der Waals surface area contributed by atoms with Gasteiger partial charge < -0.3 is 4.90 Å². The van der Waals surface area contributed by atoms with E-state index in [1.807, 2.05) is 41.3 Å². The highest BCUT2D eigenvalue weighted by Gasteiger charge is 2.32. The lowest BCUT2D eigenvalue weighted by atomic mass is 9.72. The molecule has 3 aromatic rings. The van der Waals surface area contributed by atoms with Crippen LogP contribution in [-0.4, -0.2) is 10.8 Å². The van der Waals surface area contributed by atoms with E-state index in [1.165, 1.54) is 28.0 Å². The fraction of sp³-hybridized carbons (Fsp3) is 0.370. The Morgan fingerprint density at radius 3 is 2.07 bits per heavy atom. The highest BCUT2D eigenvalue weighted by Crippen LogP contribution is 2.41. The molecule has 30 heavy (non-hydrogen) atoms. The molecule has 0 bridgehead atoms. The van der Waals surface area contributed by atoms with Gasteiger partial charge in [-0.1, -0.05) is 81.4 Å². The van der Waals surface area contributed by atoms with Gasteiger partial charge in [-0.25, -0.2) is 0 Å². The Hall–Kier alpha value is -2.39. The van der Waals surface area contributed by atoms with E-state index in [0.29, 0.717) is 24.4 Å². The first-order valence-corrected chi connectivity index (χ1v) is 11.8. The molecular formula is C27H31NOS. The predicted octanol–water partition coefficient (Wildman–Crippen LogP) is 6.74. The molecule has 156 valence electrons. The van der Waals surface area contributed by atoms with Gasteiger partial charge in [0.25, 0.3) is 5.91 Å². The molecule has 2 aromatic carbocycles. The normalized spacial score (nSPS) is 16.2. The van der Waals surface area contributed by atoms with Crippen LogP contribution in [0, 0.1) is 11.3 Å². The molecule has 2 nitrogen and oxygen atoms in total. The van der Waals surface area contributed by atoms with E-state index in [-0.39, 0.29) is 5.91 Å². The van der Waals surface area contributed by atoms with Crippen molar-refractivity contribution >= 4 is 17.2 Å². The first-order valence-electron chi connectivity index (χ1n) is 10.9. The number of hydrogen-bond donors (Lipinski definition) is 0. The quantitative estimate of drug-likeness (QED) is 0.450. The second-order valence-corrected chi connectivity index (χ2v) is 10.5. The van der Waals surface area contributed by atoms with Crippen molar-refractivity contribution in [2.24, 2.45) is 11.3 Å². The van der Waals surface area contributed by atoms with E-state index in [1.54, 1.807) is 11.3 Å². The van der Waals surface area contributed by atoms with Crippen LogP contribution in [0.15, 0.2) is 66.0 Å². The van der Waals surface area contributed by atoms with Crippen molar-refractivity contribution in [1.82, 2.24) is 4.90 Å². The topological polar surface area (TPSA) is 20.3 Å². The molecule has 1 aliphatic rings. The molecule has 0 fully saturated rings. The second-order valence-electron chi connectivity index (χ2n) is 9.49. The lowest BCUT2D eigenvalue weighted by Gasteiger charge is -2.34. The van der Waals surface area contributed by atoms with Gasteiger partial charge in [0.15, 0.2) is 0 Å². The Kier molecular flexibility index (Phi) is 6.10. The minimum Gasteiger partial charge on any atom is -0.330 e. The van der Waals surface area contributed by atoms with E-state index >= 15 is 0 Å². The molecule has 4 rings (SSSR count). The number of benzene rings is 2. The van der Waals surface area contributed by atoms with Crippen molar-refractivity contribution in [3.63, 3.8) is 0 Å². The maximum atomic E-state index is 13.7. The van der Waals surface area contributed by atoms with Crippen molar-refractivity contribution in [2.45, 2.75) is 53.1 Å². The Balaban J connectivity index is 1.60. The van der Waals surface area contributed by atoms with Crippen LogP contribution in [0.5, 0.6) is 0 Å². The monoisotopic (exact) mass is 417 g/mol. The summed E-state index contributed by atoms with van der Waals surface area (Å²) in [6, 6.07) is 20.6. The maximum absolute atomic E-state index is 13.7. The van der Waals surface area contributed by atoms with Gasteiger partial charge in [0.1, 0.15) is 0 Å². The van der Waals surface area contributed by atoms with Crippen LogP contribution in [0.1, 0.15) is 59.1 Å². The third-order valence-corrected chi connectivity index (χ3v) is 7.38. The fourth-order valence-corrected chi connectivity index (χ4v) is 5.56. The number of carbonyl (C=O) groups is 1. The van der Waals surface area contributed by atoms with Crippen LogP contribution in [0.2, 0.25) is 0 Å². The highest BCUT2D eigenvalue weighted by atomic mass is 32.1. The van der Waals surface area contributed by atoms with Gasteiger partial charge >= 0.3 is 0 Å². The Bertz CT molecular complexity index is 943. The number of rotatable bonds is 5. The Morgan fingerprint density at radius 1 is 0.967 bits per heavy atom. The van der Waals surface area contributed by atoms with Gasteiger partial charge in [-0.15, -0.1) is 11.3 Å². The predicted molar refractivity (Wildman–Crippen MR) is 126 cm³/mol. The van der Waals surface area contributed by atoms with Crippen LogP contribution in [0.3, 0.4) is 0 Å². The number of thiophene rings is 1. The zero-order valence-corrected chi connectivity index (χ0v) is 19.0. The standard InChI is InChI=1S/C27H31NOS/c1-27(2,3)22-14-15-23-24(19-30-25(23)16-22)26(29)28(17-20-10-6-4-7-11-20)18-21-12-8-5-9-13-21/h4-13,19,22H,14-18H2,1-3H3. The molecule has 0 N–H and O–H groups in total. The molecule has 0 saturated carbocycles. The summed E-state index contributed by atoms with van der Waals surface area (Å²) in [5.41, 5.74) is 4.88. The van der Waals surface area contributed by atoms with E-state index in [4.69, 9.17) is 0 Å². The van der Waals surface area contributed by atoms with Crippen molar-refractivity contribution in [3.8, 4) is 0 Å². The smallest absolute Gasteiger partial charge is 0.255 e. The molecule has 1 heterocycles. The van der Waals surface area contributed by atoms with Gasteiger partial charge in [-0.2, -0.15) is 0 Å². The average molecular weight is 418 g/mol. The molecule has 0 aliphatic heterocycles. The molecule has 1 unspecified atom stereocenters. The molecule has 1 atom stereocenters. The summed E-state index contributed by atoms with van der Waals surface area (Å²) in [6.07, 6.45) is 3.30. The molecule has 0 spiro atoms.